The van der Waals surface area contributed by atoms with E-state index >= 15 is 0 Å². The van der Waals surface area contributed by atoms with E-state index in [-0.39, 0.29) is 18.0 Å². The monoisotopic (exact) mass is 236 g/mol. The number of rotatable bonds is 6. The number of amides is 1. The molecule has 0 saturated heterocycles. The zero-order valence-electron chi connectivity index (χ0n) is 10.6. The largest absolute Gasteiger partial charge is 0.492 e. The lowest BCUT2D eigenvalue weighted by atomic mass is 10.2. The minimum atomic E-state index is -0.354. The Balaban J connectivity index is 2.35. The summed E-state index contributed by atoms with van der Waals surface area (Å²) < 4.78 is 5.59. The van der Waals surface area contributed by atoms with Crippen molar-refractivity contribution in [3.05, 3.63) is 29.8 Å². The lowest BCUT2D eigenvalue weighted by Gasteiger charge is -2.18. The zero-order valence-corrected chi connectivity index (χ0v) is 10.6. The Morgan fingerprint density at radius 1 is 1.35 bits per heavy atom. The summed E-state index contributed by atoms with van der Waals surface area (Å²) in [6, 6.07) is 7.59. The molecular formula is C13H20N2O2. The molecule has 4 heteroatoms. The van der Waals surface area contributed by atoms with Crippen molar-refractivity contribution in [1.82, 2.24) is 5.32 Å². The van der Waals surface area contributed by atoms with Gasteiger partial charge in [-0.2, -0.15) is 0 Å². The summed E-state index contributed by atoms with van der Waals surface area (Å²) in [5.41, 5.74) is 6.37. The van der Waals surface area contributed by atoms with Crippen molar-refractivity contribution in [2.24, 2.45) is 5.73 Å². The van der Waals surface area contributed by atoms with Gasteiger partial charge >= 0.3 is 0 Å². The highest BCUT2D eigenvalue weighted by molar-refractivity contribution is 5.79. The van der Waals surface area contributed by atoms with Crippen LogP contribution >= 0.6 is 0 Å². The maximum atomic E-state index is 10.9. The van der Waals surface area contributed by atoms with E-state index in [1.807, 2.05) is 38.1 Å². The van der Waals surface area contributed by atoms with Crippen LogP contribution in [0.3, 0.4) is 0 Å². The summed E-state index contributed by atoms with van der Waals surface area (Å²) in [6.45, 7) is 6.22. The van der Waals surface area contributed by atoms with Crippen LogP contribution in [0.4, 0.5) is 0 Å². The smallest absolute Gasteiger partial charge is 0.234 e. The number of ether oxygens (including phenoxy) is 1. The van der Waals surface area contributed by atoms with Gasteiger partial charge in [-0.05, 0) is 32.9 Å². The van der Waals surface area contributed by atoms with Crippen molar-refractivity contribution >= 4 is 5.91 Å². The van der Waals surface area contributed by atoms with Crippen LogP contribution in [0.1, 0.15) is 19.4 Å². The highest BCUT2D eigenvalue weighted by atomic mass is 16.5. The molecule has 3 N–H and O–H groups in total. The number of hydrogen-bond acceptors (Lipinski definition) is 3. The molecule has 1 rings (SSSR count). The number of carbonyl (C=O) groups is 1. The maximum Gasteiger partial charge on any atom is 0.234 e. The predicted octanol–water partition coefficient (Wildman–Crippen LogP) is 1.23. The van der Waals surface area contributed by atoms with Crippen LogP contribution in [0.2, 0.25) is 0 Å². The highest BCUT2D eigenvalue weighted by Gasteiger charge is 2.12. The zero-order chi connectivity index (χ0) is 12.8. The van der Waals surface area contributed by atoms with Gasteiger partial charge in [-0.3, -0.25) is 4.79 Å². The predicted molar refractivity (Wildman–Crippen MR) is 67.9 cm³/mol. The second-order valence-electron chi connectivity index (χ2n) is 4.32. The number of aryl methyl sites for hydroxylation is 1. The van der Waals surface area contributed by atoms with Crippen molar-refractivity contribution in [2.75, 3.05) is 6.61 Å². The van der Waals surface area contributed by atoms with Gasteiger partial charge in [0.2, 0.25) is 5.91 Å². The summed E-state index contributed by atoms with van der Waals surface area (Å²) in [6.07, 6.45) is 0. The number of benzene rings is 1. The van der Waals surface area contributed by atoms with Crippen LogP contribution in [-0.2, 0) is 4.79 Å². The van der Waals surface area contributed by atoms with Crippen LogP contribution < -0.4 is 15.8 Å². The van der Waals surface area contributed by atoms with E-state index in [0.29, 0.717) is 6.61 Å². The van der Waals surface area contributed by atoms with Gasteiger partial charge in [0.15, 0.2) is 0 Å². The molecule has 0 aliphatic heterocycles. The number of hydrogen-bond donors (Lipinski definition) is 2. The average Bonchev–Trinajstić information content (AvgIpc) is 2.28. The fourth-order valence-corrected chi connectivity index (χ4v) is 1.41. The van der Waals surface area contributed by atoms with Crippen molar-refractivity contribution in [2.45, 2.75) is 32.9 Å². The molecule has 1 aromatic carbocycles. The Morgan fingerprint density at radius 3 is 2.47 bits per heavy atom. The molecule has 2 atom stereocenters. The van der Waals surface area contributed by atoms with Crippen molar-refractivity contribution in [3.63, 3.8) is 0 Å². The Morgan fingerprint density at radius 2 is 1.94 bits per heavy atom. The Labute approximate surface area is 102 Å². The van der Waals surface area contributed by atoms with Gasteiger partial charge in [-0.25, -0.2) is 0 Å². The molecule has 0 radical (unpaired) electrons. The molecule has 0 heterocycles. The first kappa shape index (κ1) is 13.5. The molecule has 0 saturated carbocycles. The Bertz CT molecular complexity index is 362. The van der Waals surface area contributed by atoms with Crippen molar-refractivity contribution in [1.29, 1.82) is 0 Å². The van der Waals surface area contributed by atoms with E-state index in [9.17, 15) is 4.79 Å². The lowest BCUT2D eigenvalue weighted by Crippen LogP contribution is -2.45. The van der Waals surface area contributed by atoms with E-state index in [0.717, 1.165) is 5.75 Å². The van der Waals surface area contributed by atoms with E-state index in [1.165, 1.54) is 5.56 Å². The topological polar surface area (TPSA) is 64.3 Å². The quantitative estimate of drug-likeness (QED) is 0.780. The van der Waals surface area contributed by atoms with E-state index in [2.05, 4.69) is 5.32 Å². The number of carbonyl (C=O) groups excluding carboxylic acids is 1. The molecule has 17 heavy (non-hydrogen) atoms. The molecule has 4 nitrogen and oxygen atoms in total. The average molecular weight is 236 g/mol. The van der Waals surface area contributed by atoms with Crippen LogP contribution in [-0.4, -0.2) is 24.6 Å². The first-order valence-corrected chi connectivity index (χ1v) is 5.74. The molecule has 0 aliphatic carbocycles. The molecule has 0 fully saturated rings. The first-order valence-electron chi connectivity index (χ1n) is 5.74. The minimum Gasteiger partial charge on any atom is -0.492 e. The first-order chi connectivity index (χ1) is 7.99. The SMILES string of the molecule is Cc1ccc(OCC(C)NC(C)C(N)=O)cc1. The normalized spacial score (nSPS) is 14.1. The number of nitrogens with one attached hydrogen (secondary N) is 1. The molecule has 0 bridgehead atoms. The van der Waals surface area contributed by atoms with Gasteiger partial charge < -0.3 is 15.8 Å². The van der Waals surface area contributed by atoms with E-state index < -0.39 is 0 Å². The number of nitrogens with two attached hydrogens (primary N) is 1. The summed E-state index contributed by atoms with van der Waals surface area (Å²) >= 11 is 0. The maximum absolute atomic E-state index is 10.9. The summed E-state index contributed by atoms with van der Waals surface area (Å²) in [7, 11) is 0. The van der Waals surface area contributed by atoms with Gasteiger partial charge in [0.25, 0.3) is 0 Å². The Kier molecular flexibility index (Phi) is 4.97. The molecule has 94 valence electrons. The summed E-state index contributed by atoms with van der Waals surface area (Å²) in [4.78, 5) is 10.9. The second-order valence-corrected chi connectivity index (χ2v) is 4.32. The summed E-state index contributed by atoms with van der Waals surface area (Å²) in [5, 5.41) is 3.06. The fraction of sp³-hybridized carbons (Fsp3) is 0.462. The van der Waals surface area contributed by atoms with Crippen LogP contribution in [0.25, 0.3) is 0 Å². The molecular weight excluding hydrogens is 216 g/mol. The van der Waals surface area contributed by atoms with Gasteiger partial charge in [0.05, 0.1) is 6.04 Å². The van der Waals surface area contributed by atoms with E-state index in [1.54, 1.807) is 6.92 Å². The lowest BCUT2D eigenvalue weighted by molar-refractivity contribution is -0.119. The van der Waals surface area contributed by atoms with Crippen molar-refractivity contribution in [3.8, 4) is 5.75 Å². The van der Waals surface area contributed by atoms with E-state index in [4.69, 9.17) is 10.5 Å². The van der Waals surface area contributed by atoms with Gasteiger partial charge in [0.1, 0.15) is 12.4 Å². The van der Waals surface area contributed by atoms with Crippen LogP contribution in [0.15, 0.2) is 24.3 Å². The van der Waals surface area contributed by atoms with Crippen LogP contribution in [0.5, 0.6) is 5.75 Å². The molecule has 2 unspecified atom stereocenters. The van der Waals surface area contributed by atoms with Crippen molar-refractivity contribution < 1.29 is 9.53 Å². The molecule has 0 spiro atoms. The Hall–Kier alpha value is -1.55. The summed E-state index contributed by atoms with van der Waals surface area (Å²) in [5.74, 6) is 0.475. The van der Waals surface area contributed by atoms with Gasteiger partial charge in [-0.1, -0.05) is 17.7 Å². The number of primary amides is 1. The minimum absolute atomic E-state index is 0.0683. The third kappa shape index (κ3) is 4.87. The van der Waals surface area contributed by atoms with Crippen LogP contribution in [0, 0.1) is 6.92 Å². The van der Waals surface area contributed by atoms with Gasteiger partial charge in [0, 0.05) is 6.04 Å². The molecule has 0 aliphatic rings. The highest BCUT2D eigenvalue weighted by Crippen LogP contribution is 2.11. The standard InChI is InChI=1S/C13H20N2O2/c1-9-4-6-12(7-5-9)17-8-10(2)15-11(3)13(14)16/h4-7,10-11,15H,8H2,1-3H3,(H2,14,16). The molecule has 0 aromatic heterocycles. The fourth-order valence-electron chi connectivity index (χ4n) is 1.41. The molecule has 1 amide bonds. The third-order valence-electron chi connectivity index (χ3n) is 2.48. The third-order valence-corrected chi connectivity index (χ3v) is 2.48. The van der Waals surface area contributed by atoms with Gasteiger partial charge in [-0.15, -0.1) is 0 Å². The second kappa shape index (κ2) is 6.25. The molecule has 1 aromatic rings.